The van der Waals surface area contributed by atoms with Crippen molar-refractivity contribution in [2.24, 2.45) is 5.92 Å². The van der Waals surface area contributed by atoms with Crippen LogP contribution in [0.1, 0.15) is 43.8 Å². The van der Waals surface area contributed by atoms with Crippen LogP contribution in [0.25, 0.3) is 0 Å². The van der Waals surface area contributed by atoms with Gasteiger partial charge in [-0.05, 0) is 62.2 Å². The number of nitro groups is 1. The number of aryl methyl sites for hydroxylation is 3. The highest BCUT2D eigenvalue weighted by molar-refractivity contribution is 6.35. The molecule has 2 heterocycles. The highest BCUT2D eigenvalue weighted by Gasteiger charge is 2.42. The minimum Gasteiger partial charge on any atom is -0.426 e. The Morgan fingerprint density at radius 3 is 2.34 bits per heavy atom. The molecule has 0 bridgehead atoms. The lowest BCUT2D eigenvalue weighted by Crippen LogP contribution is -2.30. The van der Waals surface area contributed by atoms with E-state index in [1.807, 2.05) is 32.0 Å². The maximum absolute atomic E-state index is 13.0. The van der Waals surface area contributed by atoms with Crippen molar-refractivity contribution in [1.29, 1.82) is 0 Å². The highest BCUT2D eigenvalue weighted by Crippen LogP contribution is 2.36. The van der Waals surface area contributed by atoms with E-state index in [4.69, 9.17) is 4.74 Å². The Morgan fingerprint density at radius 2 is 1.66 bits per heavy atom. The van der Waals surface area contributed by atoms with Gasteiger partial charge in [0.1, 0.15) is 11.3 Å². The van der Waals surface area contributed by atoms with E-state index >= 15 is 0 Å². The molecule has 0 saturated carbocycles. The minimum absolute atomic E-state index is 0.0248. The summed E-state index contributed by atoms with van der Waals surface area (Å²) in [7, 11) is 0. The molecule has 2 aliphatic rings. The molecule has 0 aliphatic carbocycles. The number of anilines is 2. The second-order valence-corrected chi connectivity index (χ2v) is 9.47. The number of benzene rings is 3. The summed E-state index contributed by atoms with van der Waals surface area (Å²) in [5.74, 6) is -2.64. The second-order valence-electron chi connectivity index (χ2n) is 9.47. The van der Waals surface area contributed by atoms with Gasteiger partial charge in [0.25, 0.3) is 17.5 Å². The number of carbonyl (C=O) groups excluding carboxylic acids is 4. The molecule has 0 aromatic heterocycles. The van der Waals surface area contributed by atoms with E-state index in [-0.39, 0.29) is 41.4 Å². The Bertz CT molecular complexity index is 1560. The van der Waals surface area contributed by atoms with Gasteiger partial charge in [0.2, 0.25) is 5.91 Å². The third kappa shape index (κ3) is 4.09. The Hall–Kier alpha value is -4.86. The smallest absolute Gasteiger partial charge is 0.316 e. The third-order valence-electron chi connectivity index (χ3n) is 6.82. The Kier molecular flexibility index (Phi) is 6.02. The molecule has 0 N–H and O–H groups in total. The number of nitro benzene ring substituents is 1. The lowest BCUT2D eigenvalue weighted by molar-refractivity contribution is -0.385. The van der Waals surface area contributed by atoms with Gasteiger partial charge >= 0.3 is 5.97 Å². The molecule has 3 aromatic rings. The van der Waals surface area contributed by atoms with Gasteiger partial charge in [0.05, 0.1) is 22.1 Å². The number of esters is 1. The van der Waals surface area contributed by atoms with E-state index < -0.39 is 34.3 Å². The van der Waals surface area contributed by atoms with Crippen LogP contribution in [-0.2, 0) is 9.59 Å². The molecular weight excluding hydrogens is 490 g/mol. The highest BCUT2D eigenvalue weighted by atomic mass is 16.6. The van der Waals surface area contributed by atoms with Gasteiger partial charge in [-0.25, -0.2) is 4.90 Å². The van der Waals surface area contributed by atoms with E-state index in [2.05, 4.69) is 0 Å². The molecule has 192 valence electrons. The van der Waals surface area contributed by atoms with Crippen molar-refractivity contribution in [1.82, 2.24) is 0 Å². The summed E-state index contributed by atoms with van der Waals surface area (Å²) in [6, 6.07) is 14.1. The fourth-order valence-corrected chi connectivity index (χ4v) is 4.99. The predicted octanol–water partition coefficient (Wildman–Crippen LogP) is 4.28. The van der Waals surface area contributed by atoms with Gasteiger partial charge in [-0.1, -0.05) is 23.8 Å². The number of hydrogen-bond donors (Lipinski definition) is 0. The van der Waals surface area contributed by atoms with Crippen LogP contribution in [0.4, 0.5) is 17.1 Å². The molecule has 10 nitrogen and oxygen atoms in total. The number of carbonyl (C=O) groups is 4. The van der Waals surface area contributed by atoms with Crippen molar-refractivity contribution in [2.75, 3.05) is 16.3 Å². The maximum atomic E-state index is 13.0. The summed E-state index contributed by atoms with van der Waals surface area (Å²) in [5, 5.41) is 11.4. The Labute approximate surface area is 217 Å². The first kappa shape index (κ1) is 24.8. The summed E-state index contributed by atoms with van der Waals surface area (Å²) in [5.41, 5.74) is 2.72. The number of imide groups is 1. The molecule has 2 aliphatic heterocycles. The third-order valence-corrected chi connectivity index (χ3v) is 6.82. The zero-order valence-electron chi connectivity index (χ0n) is 20.9. The van der Waals surface area contributed by atoms with Crippen LogP contribution >= 0.6 is 0 Å². The van der Waals surface area contributed by atoms with Crippen LogP contribution in [0, 0.1) is 36.8 Å². The standard InChI is InChI=1S/C28H23N3O7/c1-15-7-9-21(16(2)11-15)29-14-18(13-24(29)32)28(35)38-19-8-10-22(17(3)12-19)30-26(33)20-5-4-6-23(31(36)37)25(20)27(30)34/h4-12,18H,13-14H2,1-3H3/t18-/m0/s1. The molecule has 1 atom stereocenters. The van der Waals surface area contributed by atoms with Crippen LogP contribution in [0.2, 0.25) is 0 Å². The lowest BCUT2D eigenvalue weighted by atomic mass is 10.1. The largest absolute Gasteiger partial charge is 0.426 e. The van der Waals surface area contributed by atoms with E-state index in [9.17, 15) is 29.3 Å². The molecule has 1 saturated heterocycles. The summed E-state index contributed by atoms with van der Waals surface area (Å²) in [4.78, 5) is 64.7. The van der Waals surface area contributed by atoms with Crippen molar-refractivity contribution in [3.05, 3.63) is 92.5 Å². The number of fused-ring (bicyclic) bond motifs is 1. The summed E-state index contributed by atoms with van der Waals surface area (Å²) in [6.07, 6.45) is 0.0248. The normalized spacial score (nSPS) is 16.7. The maximum Gasteiger partial charge on any atom is 0.316 e. The van der Waals surface area contributed by atoms with Crippen molar-refractivity contribution in [3.8, 4) is 5.75 Å². The summed E-state index contributed by atoms with van der Waals surface area (Å²) in [6.45, 7) is 5.71. The first-order chi connectivity index (χ1) is 18.1. The minimum atomic E-state index is -0.791. The van der Waals surface area contributed by atoms with Gasteiger partial charge in [0.15, 0.2) is 0 Å². The van der Waals surface area contributed by atoms with Crippen LogP contribution in [-0.4, -0.2) is 35.2 Å². The quantitative estimate of drug-likeness (QED) is 0.164. The molecular formula is C28H23N3O7. The lowest BCUT2D eigenvalue weighted by Gasteiger charge is -2.19. The van der Waals surface area contributed by atoms with E-state index in [1.165, 1.54) is 36.4 Å². The van der Waals surface area contributed by atoms with Crippen molar-refractivity contribution < 1.29 is 28.8 Å². The Morgan fingerprint density at radius 1 is 0.947 bits per heavy atom. The van der Waals surface area contributed by atoms with Crippen molar-refractivity contribution >= 4 is 40.8 Å². The van der Waals surface area contributed by atoms with E-state index in [0.29, 0.717) is 5.56 Å². The van der Waals surface area contributed by atoms with E-state index in [0.717, 1.165) is 21.7 Å². The SMILES string of the molecule is Cc1ccc(N2C[C@@H](C(=O)Oc3ccc(N4C(=O)c5cccc([N+](=O)[O-])c5C4=O)c(C)c3)CC2=O)c(C)c1. The molecule has 0 unspecified atom stereocenters. The topological polar surface area (TPSA) is 127 Å². The zero-order valence-corrected chi connectivity index (χ0v) is 20.9. The summed E-state index contributed by atoms with van der Waals surface area (Å²) >= 11 is 0. The molecule has 38 heavy (non-hydrogen) atoms. The molecule has 3 aromatic carbocycles. The predicted molar refractivity (Wildman–Crippen MR) is 137 cm³/mol. The molecule has 0 spiro atoms. The number of amides is 3. The average Bonchev–Trinajstić information content (AvgIpc) is 3.37. The number of hydrogen-bond acceptors (Lipinski definition) is 7. The second kappa shape index (κ2) is 9.22. The first-order valence-electron chi connectivity index (χ1n) is 11.9. The number of ether oxygens (including phenoxy) is 1. The molecule has 0 radical (unpaired) electrons. The average molecular weight is 514 g/mol. The van der Waals surface area contributed by atoms with Gasteiger partial charge in [-0.2, -0.15) is 0 Å². The molecule has 3 amide bonds. The molecule has 1 fully saturated rings. The van der Waals surface area contributed by atoms with Crippen LogP contribution in [0.5, 0.6) is 5.75 Å². The van der Waals surface area contributed by atoms with Gasteiger partial charge in [-0.3, -0.25) is 29.3 Å². The Balaban J connectivity index is 1.33. The van der Waals surface area contributed by atoms with Gasteiger partial charge < -0.3 is 9.64 Å². The van der Waals surface area contributed by atoms with Gasteiger partial charge in [-0.15, -0.1) is 0 Å². The van der Waals surface area contributed by atoms with Crippen molar-refractivity contribution in [2.45, 2.75) is 27.2 Å². The first-order valence-corrected chi connectivity index (χ1v) is 11.9. The fourth-order valence-electron chi connectivity index (χ4n) is 4.99. The van der Waals surface area contributed by atoms with Gasteiger partial charge in [0, 0.05) is 24.7 Å². The fraction of sp³-hybridized carbons (Fsp3) is 0.214. The van der Waals surface area contributed by atoms with Crippen molar-refractivity contribution in [3.63, 3.8) is 0 Å². The molecule has 5 rings (SSSR count). The van der Waals surface area contributed by atoms with Crippen LogP contribution < -0.4 is 14.5 Å². The van der Waals surface area contributed by atoms with Crippen LogP contribution in [0.15, 0.2) is 54.6 Å². The number of nitrogens with zero attached hydrogens (tertiary/aromatic N) is 3. The molecule has 10 heteroatoms. The zero-order chi connectivity index (χ0) is 27.3. The monoisotopic (exact) mass is 513 g/mol. The summed E-state index contributed by atoms with van der Waals surface area (Å²) < 4.78 is 5.55. The number of rotatable bonds is 5. The van der Waals surface area contributed by atoms with E-state index in [1.54, 1.807) is 11.8 Å². The van der Waals surface area contributed by atoms with Crippen LogP contribution in [0.3, 0.4) is 0 Å².